The summed E-state index contributed by atoms with van der Waals surface area (Å²) >= 11 is 0. The molecule has 0 aliphatic heterocycles. The minimum atomic E-state index is -0.689. The summed E-state index contributed by atoms with van der Waals surface area (Å²) in [5, 5.41) is 9.60. The molecular weight excluding hydrogens is 468 g/mol. The maximum atomic E-state index is 12.0. The van der Waals surface area contributed by atoms with Gasteiger partial charge >= 0.3 is 23.9 Å². The molecule has 0 fully saturated rings. The van der Waals surface area contributed by atoms with E-state index in [4.69, 9.17) is 9.47 Å². The molecule has 9 heteroatoms. The van der Waals surface area contributed by atoms with Crippen LogP contribution in [0.25, 0.3) is 0 Å². The molecule has 0 atom stereocenters. The first-order chi connectivity index (χ1) is 16.5. The number of benzene rings is 2. The number of phenols is 1. The van der Waals surface area contributed by atoms with Crippen molar-refractivity contribution in [2.45, 2.75) is 59.7 Å². The summed E-state index contributed by atoms with van der Waals surface area (Å²) in [4.78, 5) is 46.5. The molecule has 0 spiro atoms. The van der Waals surface area contributed by atoms with E-state index in [1.165, 1.54) is 38.5 Å². The molecule has 0 bridgehead atoms. The first-order valence-corrected chi connectivity index (χ1v) is 11.1. The number of methoxy groups -OCH3 is 2. The number of esters is 4. The first-order valence-electron chi connectivity index (χ1n) is 11.1. The van der Waals surface area contributed by atoms with Gasteiger partial charge in [0.15, 0.2) is 0 Å². The Morgan fingerprint density at radius 3 is 1.44 bits per heavy atom. The van der Waals surface area contributed by atoms with Crippen molar-refractivity contribution in [1.29, 1.82) is 0 Å². The molecule has 0 heterocycles. The molecule has 0 aliphatic rings. The van der Waals surface area contributed by atoms with Crippen LogP contribution < -0.4 is 0 Å². The first kappa shape index (κ1) is 30.2. The molecular formula is C27H34O9. The van der Waals surface area contributed by atoms with Gasteiger partial charge in [-0.3, -0.25) is 0 Å². The van der Waals surface area contributed by atoms with Crippen LogP contribution in [-0.4, -0.2) is 54.4 Å². The normalized spacial score (nSPS) is 10.9. The SMILES string of the molecule is COC(=O)c1ccc(C)c(C(=O)OC(C)(C)C)c1.COC(=O)c1ccc(O)c(C(=O)OC(C)(C)C)c1. The molecule has 1 N–H and O–H groups in total. The number of carbonyl (C=O) groups is 4. The lowest BCUT2D eigenvalue weighted by molar-refractivity contribution is 0.00546. The van der Waals surface area contributed by atoms with Crippen LogP contribution >= 0.6 is 0 Å². The second kappa shape index (κ2) is 12.2. The largest absolute Gasteiger partial charge is 0.507 e. The second-order valence-corrected chi connectivity index (χ2v) is 9.75. The van der Waals surface area contributed by atoms with Crippen molar-refractivity contribution in [2.75, 3.05) is 14.2 Å². The minimum absolute atomic E-state index is 0.0622. The van der Waals surface area contributed by atoms with Crippen LogP contribution in [0.4, 0.5) is 0 Å². The average Bonchev–Trinajstić information content (AvgIpc) is 2.76. The van der Waals surface area contributed by atoms with Gasteiger partial charge in [0.05, 0.1) is 30.9 Å². The zero-order valence-electron chi connectivity index (χ0n) is 22.2. The van der Waals surface area contributed by atoms with Gasteiger partial charge in [0, 0.05) is 0 Å². The summed E-state index contributed by atoms with van der Waals surface area (Å²) in [6, 6.07) is 8.69. The van der Waals surface area contributed by atoms with E-state index in [0.29, 0.717) is 11.1 Å². The van der Waals surface area contributed by atoms with Gasteiger partial charge in [0.2, 0.25) is 0 Å². The highest BCUT2D eigenvalue weighted by molar-refractivity contribution is 5.97. The minimum Gasteiger partial charge on any atom is -0.507 e. The molecule has 0 aliphatic carbocycles. The van der Waals surface area contributed by atoms with Crippen LogP contribution in [0.15, 0.2) is 36.4 Å². The van der Waals surface area contributed by atoms with E-state index in [2.05, 4.69) is 9.47 Å². The van der Waals surface area contributed by atoms with Gasteiger partial charge in [0.25, 0.3) is 0 Å². The Morgan fingerprint density at radius 1 is 0.639 bits per heavy atom. The van der Waals surface area contributed by atoms with E-state index in [0.717, 1.165) is 5.56 Å². The van der Waals surface area contributed by atoms with Gasteiger partial charge in [-0.05, 0) is 84.4 Å². The van der Waals surface area contributed by atoms with Crippen LogP contribution in [0.3, 0.4) is 0 Å². The summed E-state index contributed by atoms with van der Waals surface area (Å²) in [5.41, 5.74) is 0.355. The highest BCUT2D eigenvalue weighted by Crippen LogP contribution is 2.22. The molecule has 0 saturated heterocycles. The van der Waals surface area contributed by atoms with Crippen LogP contribution in [0, 0.1) is 6.92 Å². The molecule has 0 unspecified atom stereocenters. The van der Waals surface area contributed by atoms with E-state index >= 15 is 0 Å². The van der Waals surface area contributed by atoms with Gasteiger partial charge in [-0.25, -0.2) is 19.2 Å². The van der Waals surface area contributed by atoms with E-state index < -0.39 is 35.1 Å². The van der Waals surface area contributed by atoms with Crippen LogP contribution in [0.5, 0.6) is 5.75 Å². The number of phenolic OH excluding ortho intramolecular Hbond substituents is 1. The number of rotatable bonds is 4. The maximum Gasteiger partial charge on any atom is 0.342 e. The molecule has 9 nitrogen and oxygen atoms in total. The lowest BCUT2D eigenvalue weighted by Crippen LogP contribution is -2.24. The van der Waals surface area contributed by atoms with Crippen molar-refractivity contribution in [3.63, 3.8) is 0 Å². The fraction of sp³-hybridized carbons (Fsp3) is 0.407. The predicted octanol–water partition coefficient (Wildman–Crippen LogP) is 4.87. The molecule has 36 heavy (non-hydrogen) atoms. The van der Waals surface area contributed by atoms with Crippen LogP contribution in [0.1, 0.15) is 88.5 Å². The predicted molar refractivity (Wildman–Crippen MR) is 132 cm³/mol. The fourth-order valence-corrected chi connectivity index (χ4v) is 2.70. The van der Waals surface area contributed by atoms with Crippen LogP contribution in [-0.2, 0) is 18.9 Å². The number of hydrogen-bond acceptors (Lipinski definition) is 9. The molecule has 0 radical (unpaired) electrons. The molecule has 0 aromatic heterocycles. The Labute approximate surface area is 211 Å². The van der Waals surface area contributed by atoms with Crippen molar-refractivity contribution in [2.24, 2.45) is 0 Å². The molecule has 2 rings (SSSR count). The fourth-order valence-electron chi connectivity index (χ4n) is 2.70. The molecule has 2 aromatic carbocycles. The van der Waals surface area contributed by atoms with Crippen molar-refractivity contribution in [3.8, 4) is 5.75 Å². The molecule has 0 saturated carbocycles. The lowest BCUT2D eigenvalue weighted by atomic mass is 10.0. The number of aryl methyl sites for hydroxylation is 1. The Kier molecular flexibility index (Phi) is 10.2. The Balaban J connectivity index is 0.000000360. The second-order valence-electron chi connectivity index (χ2n) is 9.75. The van der Waals surface area contributed by atoms with Gasteiger partial charge in [-0.1, -0.05) is 6.07 Å². The summed E-state index contributed by atoms with van der Waals surface area (Å²) < 4.78 is 19.6. The summed E-state index contributed by atoms with van der Waals surface area (Å²) in [6.45, 7) is 12.3. The monoisotopic (exact) mass is 502 g/mol. The van der Waals surface area contributed by atoms with Crippen LogP contribution in [0.2, 0.25) is 0 Å². The number of carbonyl (C=O) groups excluding carboxylic acids is 4. The lowest BCUT2D eigenvalue weighted by Gasteiger charge is -2.20. The Bertz CT molecular complexity index is 1030. The standard InChI is InChI=1S/C14H18O4.C13H16O5/c1-9-6-7-10(12(15)17-5)8-11(9)13(16)18-14(2,3)4;1-13(2,3)18-12(16)9-7-8(11(15)17-4)5-6-10(9)14/h6-8H,1-5H3;5-7,14H,1-4H3. The van der Waals surface area contributed by atoms with Gasteiger partial charge in [-0.2, -0.15) is 0 Å². The van der Waals surface area contributed by atoms with Crippen molar-refractivity contribution in [3.05, 3.63) is 64.2 Å². The van der Waals surface area contributed by atoms with E-state index in [-0.39, 0.29) is 16.9 Å². The molecule has 0 amide bonds. The smallest absolute Gasteiger partial charge is 0.342 e. The third-order valence-electron chi connectivity index (χ3n) is 4.31. The third kappa shape index (κ3) is 9.40. The van der Waals surface area contributed by atoms with E-state index in [9.17, 15) is 24.3 Å². The maximum absolute atomic E-state index is 12.0. The third-order valence-corrected chi connectivity index (χ3v) is 4.31. The van der Waals surface area contributed by atoms with Crippen molar-refractivity contribution < 1.29 is 43.2 Å². The zero-order chi connectivity index (χ0) is 27.8. The van der Waals surface area contributed by atoms with E-state index in [1.54, 1.807) is 60.6 Å². The topological polar surface area (TPSA) is 125 Å². The Hall–Kier alpha value is -3.88. The van der Waals surface area contributed by atoms with Crippen molar-refractivity contribution in [1.82, 2.24) is 0 Å². The molecule has 2 aromatic rings. The summed E-state index contributed by atoms with van der Waals surface area (Å²) in [6.07, 6.45) is 0. The van der Waals surface area contributed by atoms with Crippen molar-refractivity contribution >= 4 is 23.9 Å². The summed E-state index contributed by atoms with van der Waals surface area (Å²) in [5.74, 6) is -2.42. The van der Waals surface area contributed by atoms with Gasteiger partial charge < -0.3 is 24.1 Å². The Morgan fingerprint density at radius 2 is 1.03 bits per heavy atom. The average molecular weight is 503 g/mol. The number of ether oxygens (including phenoxy) is 4. The number of hydrogen-bond donors (Lipinski definition) is 1. The highest BCUT2D eigenvalue weighted by Gasteiger charge is 2.22. The quantitative estimate of drug-likeness (QED) is 0.460. The van der Waals surface area contributed by atoms with E-state index in [1.807, 2.05) is 0 Å². The summed E-state index contributed by atoms with van der Waals surface area (Å²) in [7, 11) is 2.54. The highest BCUT2D eigenvalue weighted by atomic mass is 16.6. The number of aromatic hydroxyl groups is 1. The van der Waals surface area contributed by atoms with Gasteiger partial charge in [-0.15, -0.1) is 0 Å². The molecule has 196 valence electrons. The van der Waals surface area contributed by atoms with Gasteiger partial charge in [0.1, 0.15) is 22.5 Å². The zero-order valence-corrected chi connectivity index (χ0v) is 22.2.